The summed E-state index contributed by atoms with van der Waals surface area (Å²) in [5, 5.41) is 2.89. The summed E-state index contributed by atoms with van der Waals surface area (Å²) in [6, 6.07) is 25.1. The molecular formula is C24H25NO3. The highest BCUT2D eigenvalue weighted by Gasteiger charge is 2.11. The summed E-state index contributed by atoms with van der Waals surface area (Å²) in [5.74, 6) is 1.20. The number of hydrogen-bond donors (Lipinski definition) is 1. The summed E-state index contributed by atoms with van der Waals surface area (Å²) in [4.78, 5) is 12.5. The number of nitrogens with one attached hydrogen (secondary N) is 1. The van der Waals surface area contributed by atoms with Crippen LogP contribution in [0, 0.1) is 0 Å². The van der Waals surface area contributed by atoms with Crippen molar-refractivity contribution >= 4 is 5.91 Å². The van der Waals surface area contributed by atoms with Crippen molar-refractivity contribution in [3.8, 4) is 11.5 Å². The fourth-order valence-electron chi connectivity index (χ4n) is 2.77. The molecule has 0 aliphatic rings. The monoisotopic (exact) mass is 375 g/mol. The van der Waals surface area contributed by atoms with Gasteiger partial charge in [-0.2, -0.15) is 0 Å². The van der Waals surface area contributed by atoms with E-state index < -0.39 is 0 Å². The van der Waals surface area contributed by atoms with Crippen molar-refractivity contribution < 1.29 is 14.3 Å². The first-order valence-corrected chi connectivity index (χ1v) is 9.52. The summed E-state index contributed by atoms with van der Waals surface area (Å²) < 4.78 is 11.5. The lowest BCUT2D eigenvalue weighted by Crippen LogP contribution is -2.28. The maximum atomic E-state index is 12.5. The van der Waals surface area contributed by atoms with E-state index in [2.05, 4.69) is 12.2 Å². The normalized spacial score (nSPS) is 10.3. The van der Waals surface area contributed by atoms with Crippen LogP contribution in [0.3, 0.4) is 0 Å². The number of rotatable bonds is 9. The predicted molar refractivity (Wildman–Crippen MR) is 111 cm³/mol. The van der Waals surface area contributed by atoms with E-state index in [1.807, 2.05) is 72.8 Å². The maximum Gasteiger partial charge on any atom is 0.255 e. The van der Waals surface area contributed by atoms with Gasteiger partial charge in [0.25, 0.3) is 5.91 Å². The zero-order valence-corrected chi connectivity index (χ0v) is 16.1. The average Bonchev–Trinajstić information content (AvgIpc) is 2.76. The molecule has 0 radical (unpaired) electrons. The molecule has 144 valence electrons. The second kappa shape index (κ2) is 10.2. The Bertz CT molecular complexity index is 876. The molecule has 0 saturated heterocycles. The van der Waals surface area contributed by atoms with Crippen LogP contribution >= 0.6 is 0 Å². The van der Waals surface area contributed by atoms with Crippen LogP contribution in [-0.4, -0.2) is 19.1 Å². The molecule has 0 fully saturated rings. The van der Waals surface area contributed by atoms with E-state index in [-0.39, 0.29) is 5.91 Å². The van der Waals surface area contributed by atoms with E-state index in [1.54, 1.807) is 6.07 Å². The lowest BCUT2D eigenvalue weighted by molar-refractivity contribution is 0.0942. The predicted octanol–water partition coefficient (Wildman–Crippen LogP) is 4.64. The average molecular weight is 375 g/mol. The third-order valence-corrected chi connectivity index (χ3v) is 4.36. The van der Waals surface area contributed by atoms with Crippen LogP contribution in [0.1, 0.15) is 28.4 Å². The third kappa shape index (κ3) is 5.61. The first-order chi connectivity index (χ1) is 13.8. The maximum absolute atomic E-state index is 12.5. The van der Waals surface area contributed by atoms with Gasteiger partial charge in [-0.3, -0.25) is 4.79 Å². The Morgan fingerprint density at radius 2 is 1.54 bits per heavy atom. The molecule has 0 aliphatic carbocycles. The van der Waals surface area contributed by atoms with E-state index >= 15 is 0 Å². The van der Waals surface area contributed by atoms with Crippen LogP contribution in [0.2, 0.25) is 0 Å². The zero-order chi connectivity index (χ0) is 19.6. The lowest BCUT2D eigenvalue weighted by atomic mass is 10.2. The Balaban J connectivity index is 1.49. The van der Waals surface area contributed by atoms with Crippen LogP contribution < -0.4 is 14.8 Å². The molecular weight excluding hydrogens is 350 g/mol. The summed E-state index contributed by atoms with van der Waals surface area (Å²) in [6.07, 6.45) is 1.00. The highest BCUT2D eigenvalue weighted by atomic mass is 16.5. The van der Waals surface area contributed by atoms with Gasteiger partial charge in [0.05, 0.1) is 12.1 Å². The fraction of sp³-hybridized carbons (Fsp3) is 0.208. The number of carbonyl (C=O) groups is 1. The number of amides is 1. The molecule has 0 aromatic heterocycles. The van der Waals surface area contributed by atoms with Gasteiger partial charge in [-0.1, -0.05) is 61.5 Å². The molecule has 0 atom stereocenters. The SMILES string of the molecule is CCc1ccc(OCCNC(=O)c2ccccc2OCc2ccccc2)cc1. The number of para-hydroxylation sites is 1. The van der Waals surface area contributed by atoms with Crippen molar-refractivity contribution in [3.05, 3.63) is 95.6 Å². The molecule has 0 spiro atoms. The van der Waals surface area contributed by atoms with E-state index in [0.29, 0.717) is 31.1 Å². The van der Waals surface area contributed by atoms with Crippen molar-refractivity contribution in [2.75, 3.05) is 13.2 Å². The largest absolute Gasteiger partial charge is 0.492 e. The molecule has 3 rings (SSSR count). The Morgan fingerprint density at radius 3 is 2.29 bits per heavy atom. The second-order valence-electron chi connectivity index (χ2n) is 6.37. The van der Waals surface area contributed by atoms with Crippen molar-refractivity contribution in [1.29, 1.82) is 0 Å². The van der Waals surface area contributed by atoms with Crippen LogP contribution in [-0.2, 0) is 13.0 Å². The Morgan fingerprint density at radius 1 is 0.821 bits per heavy atom. The number of carbonyl (C=O) groups excluding carboxylic acids is 1. The topological polar surface area (TPSA) is 47.6 Å². The summed E-state index contributed by atoms with van der Waals surface area (Å²) in [6.45, 7) is 3.36. The second-order valence-corrected chi connectivity index (χ2v) is 6.37. The summed E-state index contributed by atoms with van der Waals surface area (Å²) in [7, 11) is 0. The van der Waals surface area contributed by atoms with Gasteiger partial charge in [0.2, 0.25) is 0 Å². The van der Waals surface area contributed by atoms with Gasteiger partial charge >= 0.3 is 0 Å². The minimum atomic E-state index is -0.173. The van der Waals surface area contributed by atoms with Gasteiger partial charge in [-0.05, 0) is 41.8 Å². The summed E-state index contributed by atoms with van der Waals surface area (Å²) >= 11 is 0. The van der Waals surface area contributed by atoms with Crippen molar-refractivity contribution in [1.82, 2.24) is 5.32 Å². The molecule has 1 amide bonds. The van der Waals surface area contributed by atoms with Crippen molar-refractivity contribution in [2.45, 2.75) is 20.0 Å². The van der Waals surface area contributed by atoms with Crippen molar-refractivity contribution in [2.24, 2.45) is 0 Å². The highest BCUT2D eigenvalue weighted by Crippen LogP contribution is 2.19. The standard InChI is InChI=1S/C24H25NO3/c1-2-19-12-14-21(15-13-19)27-17-16-25-24(26)22-10-6-7-11-23(22)28-18-20-8-4-3-5-9-20/h3-15H,2,16-18H2,1H3,(H,25,26). The van der Waals surface area contributed by atoms with Crippen LogP contribution in [0.4, 0.5) is 0 Å². The molecule has 0 saturated carbocycles. The van der Waals surface area contributed by atoms with E-state index in [1.165, 1.54) is 5.56 Å². The molecule has 0 bridgehead atoms. The minimum absolute atomic E-state index is 0.173. The number of benzene rings is 3. The first-order valence-electron chi connectivity index (χ1n) is 9.52. The summed E-state index contributed by atoms with van der Waals surface area (Å²) in [5.41, 5.74) is 2.85. The third-order valence-electron chi connectivity index (χ3n) is 4.36. The van der Waals surface area contributed by atoms with Gasteiger partial charge in [0.15, 0.2) is 0 Å². The molecule has 0 unspecified atom stereocenters. The van der Waals surface area contributed by atoms with Crippen LogP contribution in [0.25, 0.3) is 0 Å². The lowest BCUT2D eigenvalue weighted by Gasteiger charge is -2.12. The van der Waals surface area contributed by atoms with E-state index in [4.69, 9.17) is 9.47 Å². The van der Waals surface area contributed by atoms with Crippen molar-refractivity contribution in [3.63, 3.8) is 0 Å². The Hall–Kier alpha value is -3.27. The van der Waals surface area contributed by atoms with E-state index in [9.17, 15) is 4.79 Å². The Labute approximate surface area is 166 Å². The number of hydrogen-bond acceptors (Lipinski definition) is 3. The van der Waals surface area contributed by atoms with Crippen LogP contribution in [0.15, 0.2) is 78.9 Å². The molecule has 0 aliphatic heterocycles. The first kappa shape index (κ1) is 19.5. The molecule has 3 aromatic rings. The van der Waals surface area contributed by atoms with Gasteiger partial charge in [-0.25, -0.2) is 0 Å². The fourth-order valence-corrected chi connectivity index (χ4v) is 2.77. The number of ether oxygens (including phenoxy) is 2. The van der Waals surface area contributed by atoms with Gasteiger partial charge in [0, 0.05) is 0 Å². The molecule has 4 nitrogen and oxygen atoms in total. The molecule has 28 heavy (non-hydrogen) atoms. The van der Waals surface area contributed by atoms with E-state index in [0.717, 1.165) is 17.7 Å². The minimum Gasteiger partial charge on any atom is -0.492 e. The zero-order valence-electron chi connectivity index (χ0n) is 16.1. The quantitative estimate of drug-likeness (QED) is 0.555. The molecule has 0 heterocycles. The molecule has 4 heteroatoms. The van der Waals surface area contributed by atoms with Crippen LogP contribution in [0.5, 0.6) is 11.5 Å². The highest BCUT2D eigenvalue weighted by molar-refractivity contribution is 5.96. The molecule has 3 aromatic carbocycles. The van der Waals surface area contributed by atoms with Gasteiger partial charge in [-0.15, -0.1) is 0 Å². The number of aryl methyl sites for hydroxylation is 1. The Kier molecular flexibility index (Phi) is 7.08. The molecule has 1 N–H and O–H groups in total. The smallest absolute Gasteiger partial charge is 0.255 e. The van der Waals surface area contributed by atoms with Gasteiger partial charge in [0.1, 0.15) is 24.7 Å². The van der Waals surface area contributed by atoms with Gasteiger partial charge < -0.3 is 14.8 Å².